The monoisotopic (exact) mass is 383 g/mol. The normalized spacial score (nSPS) is 20.7. The van der Waals surface area contributed by atoms with E-state index in [4.69, 9.17) is 4.74 Å². The zero-order valence-corrected chi connectivity index (χ0v) is 15.7. The molecule has 7 heteroatoms. The predicted octanol–water partition coefficient (Wildman–Crippen LogP) is 2.29. The minimum Gasteiger partial charge on any atom is -0.497 e. The Morgan fingerprint density at radius 3 is 2.11 bits per heavy atom. The first-order chi connectivity index (χ1) is 13.6. The van der Waals surface area contributed by atoms with E-state index < -0.39 is 6.04 Å². The molecule has 2 saturated heterocycles. The highest BCUT2D eigenvalue weighted by Crippen LogP contribution is 2.28. The first-order valence-electron chi connectivity index (χ1n) is 9.32. The van der Waals surface area contributed by atoms with Crippen LogP contribution in [0.15, 0.2) is 48.5 Å². The molecule has 2 aliphatic rings. The SMILES string of the molecule is COc1ccc(N2C(=O)C[C@H](N3CCN(c4ccc(F)cc4)CC3)C2=O)cc1. The number of ether oxygens (including phenoxy) is 1. The molecule has 2 aliphatic heterocycles. The summed E-state index contributed by atoms with van der Waals surface area (Å²) in [6, 6.07) is 12.9. The van der Waals surface area contributed by atoms with E-state index in [1.807, 2.05) is 0 Å². The lowest BCUT2D eigenvalue weighted by molar-refractivity contribution is -0.123. The molecule has 6 nitrogen and oxygen atoms in total. The summed E-state index contributed by atoms with van der Waals surface area (Å²) in [6.07, 6.45) is 0.196. The number of amides is 2. The maximum atomic E-state index is 13.1. The molecular formula is C21H22FN3O3. The molecular weight excluding hydrogens is 361 g/mol. The van der Waals surface area contributed by atoms with Crippen LogP contribution >= 0.6 is 0 Å². The summed E-state index contributed by atoms with van der Waals surface area (Å²) >= 11 is 0. The Bertz CT molecular complexity index is 861. The Hall–Kier alpha value is -2.93. The molecule has 0 saturated carbocycles. The smallest absolute Gasteiger partial charge is 0.251 e. The first kappa shape index (κ1) is 18.4. The van der Waals surface area contributed by atoms with Gasteiger partial charge in [0.15, 0.2) is 0 Å². The molecule has 146 valence electrons. The van der Waals surface area contributed by atoms with Crippen molar-refractivity contribution in [2.75, 3.05) is 43.1 Å². The molecule has 0 N–H and O–H groups in total. The van der Waals surface area contributed by atoms with Gasteiger partial charge in [0.05, 0.1) is 25.3 Å². The van der Waals surface area contributed by atoms with Gasteiger partial charge in [0.2, 0.25) is 5.91 Å². The van der Waals surface area contributed by atoms with Gasteiger partial charge in [-0.3, -0.25) is 14.5 Å². The topological polar surface area (TPSA) is 53.1 Å². The lowest BCUT2D eigenvalue weighted by Gasteiger charge is -2.38. The third-order valence-electron chi connectivity index (χ3n) is 5.40. The molecule has 1 atom stereocenters. The van der Waals surface area contributed by atoms with E-state index in [1.165, 1.54) is 17.0 Å². The van der Waals surface area contributed by atoms with Gasteiger partial charge in [-0.15, -0.1) is 0 Å². The number of methoxy groups -OCH3 is 1. The molecule has 0 bridgehead atoms. The summed E-state index contributed by atoms with van der Waals surface area (Å²) in [6.45, 7) is 2.81. The van der Waals surface area contributed by atoms with Crippen LogP contribution in [-0.2, 0) is 9.59 Å². The molecule has 0 unspecified atom stereocenters. The highest BCUT2D eigenvalue weighted by atomic mass is 19.1. The molecule has 2 aromatic rings. The number of benzene rings is 2. The summed E-state index contributed by atoms with van der Waals surface area (Å²) in [5, 5.41) is 0. The van der Waals surface area contributed by atoms with Crippen LogP contribution in [0, 0.1) is 5.82 Å². The fourth-order valence-electron chi connectivity index (χ4n) is 3.85. The van der Waals surface area contributed by atoms with Gasteiger partial charge in [0.1, 0.15) is 11.6 Å². The lowest BCUT2D eigenvalue weighted by atomic mass is 10.1. The fraction of sp³-hybridized carbons (Fsp3) is 0.333. The van der Waals surface area contributed by atoms with Crippen LogP contribution in [0.3, 0.4) is 0 Å². The maximum absolute atomic E-state index is 13.1. The van der Waals surface area contributed by atoms with Crippen molar-refractivity contribution in [3.8, 4) is 5.75 Å². The number of nitrogens with zero attached hydrogens (tertiary/aromatic N) is 3. The van der Waals surface area contributed by atoms with Crippen LogP contribution in [0.4, 0.5) is 15.8 Å². The summed E-state index contributed by atoms with van der Waals surface area (Å²) in [5.74, 6) is 0.0684. The fourth-order valence-corrected chi connectivity index (χ4v) is 3.85. The molecule has 0 radical (unpaired) electrons. The maximum Gasteiger partial charge on any atom is 0.251 e. The second-order valence-electron chi connectivity index (χ2n) is 6.98. The quantitative estimate of drug-likeness (QED) is 0.759. The number of hydrogen-bond donors (Lipinski definition) is 0. The number of piperazine rings is 1. The molecule has 0 aromatic heterocycles. The average molecular weight is 383 g/mol. The van der Waals surface area contributed by atoms with Gasteiger partial charge in [-0.1, -0.05) is 0 Å². The van der Waals surface area contributed by atoms with Crippen LogP contribution < -0.4 is 14.5 Å². The minimum absolute atomic E-state index is 0.176. The van der Waals surface area contributed by atoms with Gasteiger partial charge in [0.25, 0.3) is 5.91 Å². The van der Waals surface area contributed by atoms with Crippen molar-refractivity contribution in [2.45, 2.75) is 12.5 Å². The van der Waals surface area contributed by atoms with Crippen molar-refractivity contribution in [3.63, 3.8) is 0 Å². The van der Waals surface area contributed by atoms with Crippen LogP contribution in [-0.4, -0.2) is 56.0 Å². The van der Waals surface area contributed by atoms with E-state index in [-0.39, 0.29) is 24.1 Å². The van der Waals surface area contributed by atoms with Gasteiger partial charge < -0.3 is 9.64 Å². The van der Waals surface area contributed by atoms with Crippen molar-refractivity contribution in [1.29, 1.82) is 0 Å². The van der Waals surface area contributed by atoms with E-state index in [9.17, 15) is 14.0 Å². The van der Waals surface area contributed by atoms with Crippen molar-refractivity contribution in [3.05, 3.63) is 54.3 Å². The van der Waals surface area contributed by atoms with E-state index >= 15 is 0 Å². The predicted molar refractivity (Wildman–Crippen MR) is 104 cm³/mol. The second kappa shape index (κ2) is 7.59. The van der Waals surface area contributed by atoms with E-state index in [0.717, 1.165) is 18.8 Å². The summed E-state index contributed by atoms with van der Waals surface area (Å²) in [5.41, 5.74) is 1.54. The lowest BCUT2D eigenvalue weighted by Crippen LogP contribution is -2.52. The van der Waals surface area contributed by atoms with E-state index in [0.29, 0.717) is 24.5 Å². The van der Waals surface area contributed by atoms with Gasteiger partial charge in [-0.2, -0.15) is 0 Å². The zero-order chi connectivity index (χ0) is 19.7. The van der Waals surface area contributed by atoms with Gasteiger partial charge >= 0.3 is 0 Å². The number of anilines is 2. The average Bonchev–Trinajstić information content (AvgIpc) is 3.03. The molecule has 2 heterocycles. The molecule has 4 rings (SSSR count). The summed E-state index contributed by atoms with van der Waals surface area (Å²) in [4.78, 5) is 31.0. The second-order valence-corrected chi connectivity index (χ2v) is 6.98. The first-order valence-corrected chi connectivity index (χ1v) is 9.32. The minimum atomic E-state index is -0.426. The zero-order valence-electron chi connectivity index (χ0n) is 15.7. The Balaban J connectivity index is 1.42. The van der Waals surface area contributed by atoms with Crippen molar-refractivity contribution >= 4 is 23.2 Å². The van der Waals surface area contributed by atoms with Crippen molar-refractivity contribution < 1.29 is 18.7 Å². The highest BCUT2D eigenvalue weighted by Gasteiger charge is 2.43. The summed E-state index contributed by atoms with van der Waals surface area (Å²) in [7, 11) is 1.57. The Labute approximate surface area is 163 Å². The molecule has 28 heavy (non-hydrogen) atoms. The standard InChI is InChI=1S/C21H22FN3O3/c1-28-18-8-6-17(7-9-18)25-20(26)14-19(21(25)27)24-12-10-23(11-13-24)16-4-2-15(22)3-5-16/h2-9,19H,10-14H2,1H3/t19-/m0/s1. The molecule has 0 spiro atoms. The number of carbonyl (C=O) groups is 2. The molecule has 2 aromatic carbocycles. The number of hydrogen-bond acceptors (Lipinski definition) is 5. The number of rotatable bonds is 4. The number of carbonyl (C=O) groups excluding carboxylic acids is 2. The largest absolute Gasteiger partial charge is 0.497 e. The van der Waals surface area contributed by atoms with Gasteiger partial charge in [-0.05, 0) is 48.5 Å². The Morgan fingerprint density at radius 2 is 1.50 bits per heavy atom. The molecule has 2 fully saturated rings. The van der Waals surface area contributed by atoms with Gasteiger partial charge in [-0.25, -0.2) is 9.29 Å². The van der Waals surface area contributed by atoms with Crippen LogP contribution in [0.5, 0.6) is 5.75 Å². The Morgan fingerprint density at radius 1 is 0.893 bits per heavy atom. The van der Waals surface area contributed by atoms with Gasteiger partial charge in [0, 0.05) is 31.9 Å². The number of halogens is 1. The third kappa shape index (κ3) is 3.45. The van der Waals surface area contributed by atoms with Crippen molar-refractivity contribution in [1.82, 2.24) is 4.90 Å². The van der Waals surface area contributed by atoms with E-state index in [1.54, 1.807) is 43.5 Å². The van der Waals surface area contributed by atoms with Crippen LogP contribution in [0.1, 0.15) is 6.42 Å². The number of imide groups is 1. The molecule has 2 amide bonds. The molecule has 0 aliphatic carbocycles. The van der Waals surface area contributed by atoms with E-state index in [2.05, 4.69) is 9.80 Å². The van der Waals surface area contributed by atoms with Crippen molar-refractivity contribution in [2.24, 2.45) is 0 Å². The van der Waals surface area contributed by atoms with Crippen LogP contribution in [0.25, 0.3) is 0 Å². The highest BCUT2D eigenvalue weighted by molar-refractivity contribution is 6.22. The Kier molecular flexibility index (Phi) is 5.00. The third-order valence-corrected chi connectivity index (χ3v) is 5.40. The summed E-state index contributed by atoms with van der Waals surface area (Å²) < 4.78 is 18.2. The van der Waals surface area contributed by atoms with Crippen LogP contribution in [0.2, 0.25) is 0 Å².